The molecule has 0 saturated heterocycles. The molecule has 0 unspecified atom stereocenters. The highest BCUT2D eigenvalue weighted by molar-refractivity contribution is 6.30. The Balaban J connectivity index is 1.53. The Morgan fingerprint density at radius 1 is 1.10 bits per heavy atom. The normalized spacial score (nSPS) is 10.7. The zero-order valence-electron chi connectivity index (χ0n) is 16.1. The van der Waals surface area contributed by atoms with Gasteiger partial charge in [0.1, 0.15) is 18.0 Å². The van der Waals surface area contributed by atoms with Gasteiger partial charge in [0, 0.05) is 22.8 Å². The average Bonchev–Trinajstić information content (AvgIpc) is 2.74. The molecular weight excluding hydrogens is 402 g/mol. The van der Waals surface area contributed by atoms with Crippen LogP contribution in [0.3, 0.4) is 0 Å². The molecule has 0 atom stereocenters. The quantitative estimate of drug-likeness (QED) is 0.517. The van der Waals surface area contributed by atoms with Crippen LogP contribution in [0.25, 0.3) is 5.65 Å². The zero-order chi connectivity index (χ0) is 21.1. The van der Waals surface area contributed by atoms with Crippen LogP contribution in [-0.4, -0.2) is 15.3 Å². The van der Waals surface area contributed by atoms with Crippen LogP contribution in [0.4, 0.5) is 5.69 Å². The first-order chi connectivity index (χ1) is 14.5. The molecule has 0 radical (unpaired) electrons. The van der Waals surface area contributed by atoms with Gasteiger partial charge in [-0.25, -0.2) is 4.98 Å². The van der Waals surface area contributed by atoms with Gasteiger partial charge in [-0.05, 0) is 55.0 Å². The van der Waals surface area contributed by atoms with E-state index < -0.39 is 0 Å². The van der Waals surface area contributed by atoms with Crippen LogP contribution in [0.2, 0.25) is 5.02 Å². The molecule has 6 nitrogen and oxygen atoms in total. The summed E-state index contributed by atoms with van der Waals surface area (Å²) in [6.45, 7) is 2.01. The number of nitrogens with one attached hydrogen (secondary N) is 1. The van der Waals surface area contributed by atoms with Crippen molar-refractivity contribution in [1.82, 2.24) is 9.38 Å². The summed E-state index contributed by atoms with van der Waals surface area (Å²) in [5, 5.41) is 3.40. The van der Waals surface area contributed by atoms with Crippen molar-refractivity contribution in [2.24, 2.45) is 0 Å². The summed E-state index contributed by atoms with van der Waals surface area (Å²) in [7, 11) is 0. The highest BCUT2D eigenvalue weighted by Gasteiger charge is 2.11. The summed E-state index contributed by atoms with van der Waals surface area (Å²) in [5.41, 5.74) is 2.85. The number of nitrogens with zero attached hydrogens (tertiary/aromatic N) is 2. The predicted octanol–water partition coefficient (Wildman–Crippen LogP) is 4.49. The lowest BCUT2D eigenvalue weighted by molar-refractivity contribution is 0.102. The fourth-order valence-electron chi connectivity index (χ4n) is 2.98. The first-order valence-electron chi connectivity index (χ1n) is 9.27. The van der Waals surface area contributed by atoms with Gasteiger partial charge in [-0.3, -0.25) is 14.0 Å². The van der Waals surface area contributed by atoms with Gasteiger partial charge in [-0.1, -0.05) is 29.8 Å². The van der Waals surface area contributed by atoms with Crippen LogP contribution in [0.5, 0.6) is 5.75 Å². The van der Waals surface area contributed by atoms with Crippen molar-refractivity contribution in [2.75, 3.05) is 5.32 Å². The molecule has 7 heteroatoms. The Labute approximate surface area is 177 Å². The average molecular weight is 420 g/mol. The maximum absolute atomic E-state index is 12.5. The first-order valence-corrected chi connectivity index (χ1v) is 9.65. The minimum atomic E-state index is -0.278. The number of hydrogen-bond donors (Lipinski definition) is 1. The number of amides is 1. The molecule has 1 N–H and O–H groups in total. The van der Waals surface area contributed by atoms with Gasteiger partial charge in [0.25, 0.3) is 11.5 Å². The zero-order valence-corrected chi connectivity index (χ0v) is 16.9. The van der Waals surface area contributed by atoms with Gasteiger partial charge in [0.15, 0.2) is 0 Å². The van der Waals surface area contributed by atoms with E-state index in [1.807, 2.05) is 13.0 Å². The second-order valence-corrected chi connectivity index (χ2v) is 7.20. The van der Waals surface area contributed by atoms with Crippen LogP contribution in [-0.2, 0) is 6.61 Å². The van der Waals surface area contributed by atoms with Gasteiger partial charge in [0.05, 0.1) is 11.4 Å². The van der Waals surface area contributed by atoms with E-state index in [9.17, 15) is 9.59 Å². The van der Waals surface area contributed by atoms with Crippen LogP contribution in [0.15, 0.2) is 77.7 Å². The van der Waals surface area contributed by atoms with Crippen molar-refractivity contribution < 1.29 is 9.53 Å². The molecule has 4 aromatic rings. The fourth-order valence-corrected chi connectivity index (χ4v) is 3.10. The fraction of sp³-hybridized carbons (Fsp3) is 0.0870. The Morgan fingerprint density at radius 3 is 2.67 bits per heavy atom. The Bertz CT molecular complexity index is 1280. The van der Waals surface area contributed by atoms with E-state index in [4.69, 9.17) is 16.3 Å². The Hall–Kier alpha value is -3.64. The lowest BCUT2D eigenvalue weighted by atomic mass is 10.2. The van der Waals surface area contributed by atoms with Crippen LogP contribution in [0, 0.1) is 6.92 Å². The number of anilines is 1. The van der Waals surface area contributed by atoms with Crippen molar-refractivity contribution in [3.63, 3.8) is 0 Å². The molecule has 150 valence electrons. The van der Waals surface area contributed by atoms with E-state index in [1.165, 1.54) is 10.5 Å². The maximum Gasteiger partial charge on any atom is 0.258 e. The number of aryl methyl sites for hydroxylation is 1. The topological polar surface area (TPSA) is 72.7 Å². The number of rotatable bonds is 5. The van der Waals surface area contributed by atoms with E-state index in [0.29, 0.717) is 33.4 Å². The minimum Gasteiger partial charge on any atom is -0.485 e. The van der Waals surface area contributed by atoms with Crippen molar-refractivity contribution in [2.45, 2.75) is 13.5 Å². The number of benzene rings is 2. The molecule has 0 saturated carbocycles. The smallest absolute Gasteiger partial charge is 0.258 e. The molecule has 0 fully saturated rings. The molecule has 2 aromatic carbocycles. The standard InChI is InChI=1S/C23H18ClN3O3/c1-15-6-11-21-25-18(12-22(28)27(21)13-15)14-30-20-5-3-2-4-19(20)26-23(29)16-7-9-17(24)10-8-16/h2-13H,14H2,1H3,(H,26,29). The molecule has 0 bridgehead atoms. The number of aromatic nitrogens is 2. The minimum absolute atomic E-state index is 0.0907. The van der Waals surface area contributed by atoms with Crippen molar-refractivity contribution in [1.29, 1.82) is 0 Å². The molecule has 30 heavy (non-hydrogen) atoms. The summed E-state index contributed by atoms with van der Waals surface area (Å²) >= 11 is 5.88. The van der Waals surface area contributed by atoms with Gasteiger partial charge < -0.3 is 10.1 Å². The number of fused-ring (bicyclic) bond motifs is 1. The molecule has 0 aliphatic heterocycles. The SMILES string of the molecule is Cc1ccc2nc(COc3ccccc3NC(=O)c3ccc(Cl)cc3)cc(=O)n2c1. The van der Waals surface area contributed by atoms with Crippen molar-refractivity contribution in [3.05, 3.63) is 105 Å². The number of carbonyl (C=O) groups excluding carboxylic acids is 1. The third-order valence-electron chi connectivity index (χ3n) is 4.48. The number of halogens is 1. The lowest BCUT2D eigenvalue weighted by Gasteiger charge is -2.13. The molecule has 4 rings (SSSR count). The summed E-state index contributed by atoms with van der Waals surface area (Å²) in [4.78, 5) is 29.3. The Morgan fingerprint density at radius 2 is 1.87 bits per heavy atom. The Kier molecular flexibility index (Phi) is 5.50. The summed E-state index contributed by atoms with van der Waals surface area (Å²) in [6.07, 6.45) is 1.75. The number of pyridine rings is 1. The van der Waals surface area contributed by atoms with Crippen LogP contribution < -0.4 is 15.6 Å². The highest BCUT2D eigenvalue weighted by Crippen LogP contribution is 2.25. The highest BCUT2D eigenvalue weighted by atomic mass is 35.5. The van der Waals surface area contributed by atoms with Crippen molar-refractivity contribution >= 4 is 28.8 Å². The van der Waals surface area contributed by atoms with Crippen molar-refractivity contribution in [3.8, 4) is 5.75 Å². The molecule has 0 aliphatic rings. The van der Waals surface area contributed by atoms with Gasteiger partial charge in [0.2, 0.25) is 0 Å². The second-order valence-electron chi connectivity index (χ2n) is 6.77. The summed E-state index contributed by atoms with van der Waals surface area (Å²) in [5.74, 6) is 0.200. The molecular formula is C23H18ClN3O3. The summed E-state index contributed by atoms with van der Waals surface area (Å²) < 4.78 is 7.36. The van der Waals surface area contributed by atoms with E-state index in [0.717, 1.165) is 5.56 Å². The molecule has 2 aromatic heterocycles. The second kappa shape index (κ2) is 8.39. The number of carbonyl (C=O) groups is 1. The van der Waals surface area contributed by atoms with E-state index in [2.05, 4.69) is 10.3 Å². The number of ether oxygens (including phenoxy) is 1. The van der Waals surface area contributed by atoms with Crippen LogP contribution in [0.1, 0.15) is 21.6 Å². The maximum atomic E-state index is 12.5. The number of hydrogen-bond acceptors (Lipinski definition) is 4. The van der Waals surface area contributed by atoms with E-state index >= 15 is 0 Å². The summed E-state index contributed by atoms with van der Waals surface area (Å²) in [6, 6.07) is 18.8. The van der Waals surface area contributed by atoms with Crippen LogP contribution >= 0.6 is 11.6 Å². The predicted molar refractivity (Wildman–Crippen MR) is 116 cm³/mol. The van der Waals surface area contributed by atoms with E-state index in [-0.39, 0.29) is 18.1 Å². The monoisotopic (exact) mass is 419 g/mol. The third-order valence-corrected chi connectivity index (χ3v) is 4.73. The van der Waals surface area contributed by atoms with Gasteiger partial charge in [-0.2, -0.15) is 0 Å². The lowest BCUT2D eigenvalue weighted by Crippen LogP contribution is -2.17. The number of para-hydroxylation sites is 2. The molecule has 2 heterocycles. The molecule has 1 amide bonds. The third kappa shape index (κ3) is 4.34. The molecule has 0 spiro atoms. The molecule has 0 aliphatic carbocycles. The first kappa shape index (κ1) is 19.7. The van der Waals surface area contributed by atoms with Gasteiger partial charge in [-0.15, -0.1) is 0 Å². The largest absolute Gasteiger partial charge is 0.485 e. The van der Waals surface area contributed by atoms with E-state index in [1.54, 1.807) is 60.8 Å². The van der Waals surface area contributed by atoms with Gasteiger partial charge >= 0.3 is 0 Å².